The summed E-state index contributed by atoms with van der Waals surface area (Å²) in [5.41, 5.74) is 5.37. The summed E-state index contributed by atoms with van der Waals surface area (Å²) in [6.45, 7) is 6.54. The van der Waals surface area contributed by atoms with Gasteiger partial charge in [-0.3, -0.25) is 0 Å². The maximum Gasteiger partial charge on any atom is 0.129 e. The molecule has 0 spiro atoms. The molecule has 26 heavy (non-hydrogen) atoms. The fourth-order valence-corrected chi connectivity index (χ4v) is 2.19. The van der Waals surface area contributed by atoms with Gasteiger partial charge in [0.15, 0.2) is 0 Å². The zero-order valence-corrected chi connectivity index (χ0v) is 15.4. The number of rotatable bonds is 15. The lowest BCUT2D eigenvalue weighted by Gasteiger charge is -2.04. The summed E-state index contributed by atoms with van der Waals surface area (Å²) in [5, 5.41) is 0. The van der Waals surface area contributed by atoms with E-state index >= 15 is 0 Å². The Hall–Kier alpha value is -1.64. The van der Waals surface area contributed by atoms with Crippen LogP contribution in [-0.2, 0) is 45.4 Å². The van der Waals surface area contributed by atoms with Gasteiger partial charge >= 0.3 is 0 Å². The maximum absolute atomic E-state index is 5.62. The van der Waals surface area contributed by atoms with Gasteiger partial charge in [0, 0.05) is 13.2 Å². The average Bonchev–Trinajstić information content (AvgIpc) is 3.28. The Kier molecular flexibility index (Phi) is 10.1. The average molecular weight is 367 g/mol. The molecule has 2 rings (SSSR count). The second kappa shape index (κ2) is 12.7. The highest BCUT2D eigenvalue weighted by atomic mass is 16.5. The Balaban J connectivity index is 1.51. The molecule has 0 atom stereocenters. The Labute approximate surface area is 154 Å². The summed E-state index contributed by atoms with van der Waals surface area (Å²) in [4.78, 5) is 0. The molecule has 0 amide bonds. The van der Waals surface area contributed by atoms with Crippen molar-refractivity contribution in [2.75, 3.05) is 33.0 Å². The topological polar surface area (TPSA) is 89.2 Å². The lowest BCUT2D eigenvalue weighted by molar-refractivity contribution is 0.0216. The van der Waals surface area contributed by atoms with E-state index in [-0.39, 0.29) is 0 Å². The van der Waals surface area contributed by atoms with Crippen LogP contribution >= 0.6 is 0 Å². The van der Waals surface area contributed by atoms with Crippen molar-refractivity contribution in [3.63, 3.8) is 0 Å². The third kappa shape index (κ3) is 8.16. The van der Waals surface area contributed by atoms with Crippen LogP contribution in [0.25, 0.3) is 0 Å². The normalized spacial score (nSPS) is 11.3. The van der Waals surface area contributed by atoms with E-state index in [0.29, 0.717) is 52.8 Å². The van der Waals surface area contributed by atoms with Gasteiger partial charge in [0.2, 0.25) is 0 Å². The van der Waals surface area contributed by atoms with Crippen LogP contribution in [0.4, 0.5) is 0 Å². The highest BCUT2D eigenvalue weighted by Crippen LogP contribution is 2.11. The lowest BCUT2D eigenvalue weighted by atomic mass is 10.4. The molecule has 2 aromatic heterocycles. The largest absolute Gasteiger partial charge is 0.461 e. The van der Waals surface area contributed by atoms with Crippen molar-refractivity contribution >= 4 is 0 Å². The first-order valence-corrected chi connectivity index (χ1v) is 8.98. The van der Waals surface area contributed by atoms with E-state index in [1.54, 1.807) is 0 Å². The molecule has 7 heteroatoms. The standard InChI is InChI=1S/C19H29NO6/c1-2-8-21-12-16-3-5-18(25-16)14-23-10-11-24-15-19-6-4-17(26-19)13-22-9-7-20/h3-6H,2,7-15,20H2,1H3. The fourth-order valence-electron chi connectivity index (χ4n) is 2.19. The van der Waals surface area contributed by atoms with Gasteiger partial charge in [0.25, 0.3) is 0 Å². The van der Waals surface area contributed by atoms with Crippen LogP contribution in [0.15, 0.2) is 33.1 Å². The number of hydrogen-bond acceptors (Lipinski definition) is 7. The molecule has 0 aliphatic carbocycles. The summed E-state index contributed by atoms with van der Waals surface area (Å²) in [6, 6.07) is 7.58. The van der Waals surface area contributed by atoms with Crippen molar-refractivity contribution in [3.05, 3.63) is 47.3 Å². The molecule has 0 radical (unpaired) electrons. The van der Waals surface area contributed by atoms with Gasteiger partial charge in [-0.25, -0.2) is 0 Å². The minimum absolute atomic E-state index is 0.403. The van der Waals surface area contributed by atoms with E-state index in [1.165, 1.54) is 0 Å². The molecule has 2 heterocycles. The Morgan fingerprint density at radius 2 is 1.04 bits per heavy atom. The summed E-state index contributed by atoms with van der Waals surface area (Å²) in [7, 11) is 0. The van der Waals surface area contributed by atoms with E-state index < -0.39 is 0 Å². The Morgan fingerprint density at radius 1 is 0.654 bits per heavy atom. The van der Waals surface area contributed by atoms with Crippen molar-refractivity contribution in [2.24, 2.45) is 5.73 Å². The highest BCUT2D eigenvalue weighted by molar-refractivity contribution is 5.06. The van der Waals surface area contributed by atoms with E-state index in [0.717, 1.165) is 36.1 Å². The maximum atomic E-state index is 5.62. The molecule has 146 valence electrons. The van der Waals surface area contributed by atoms with Crippen LogP contribution < -0.4 is 5.73 Å². The first-order valence-electron chi connectivity index (χ1n) is 8.98. The third-order valence-corrected chi connectivity index (χ3v) is 3.39. The van der Waals surface area contributed by atoms with Crippen LogP contribution in [0.3, 0.4) is 0 Å². The minimum atomic E-state index is 0.403. The van der Waals surface area contributed by atoms with Crippen molar-refractivity contribution in [2.45, 2.75) is 39.8 Å². The van der Waals surface area contributed by atoms with Gasteiger partial charge in [-0.2, -0.15) is 0 Å². The van der Waals surface area contributed by atoms with Gasteiger partial charge < -0.3 is 33.5 Å². The molecule has 0 aliphatic rings. The molecule has 0 saturated carbocycles. The van der Waals surface area contributed by atoms with Gasteiger partial charge in [-0.05, 0) is 30.7 Å². The molecule has 0 saturated heterocycles. The molecule has 0 aromatic carbocycles. The van der Waals surface area contributed by atoms with Gasteiger partial charge in [0.05, 0.1) is 19.8 Å². The molecule has 0 fully saturated rings. The molecule has 0 aliphatic heterocycles. The van der Waals surface area contributed by atoms with Gasteiger partial charge in [-0.1, -0.05) is 6.92 Å². The summed E-state index contributed by atoms with van der Waals surface area (Å²) in [6.07, 6.45) is 0.998. The van der Waals surface area contributed by atoms with E-state index in [2.05, 4.69) is 6.92 Å². The van der Waals surface area contributed by atoms with Gasteiger partial charge in [-0.15, -0.1) is 0 Å². The molecule has 0 unspecified atom stereocenters. The third-order valence-electron chi connectivity index (χ3n) is 3.39. The van der Waals surface area contributed by atoms with Gasteiger partial charge in [0.1, 0.15) is 49.5 Å². The van der Waals surface area contributed by atoms with Crippen molar-refractivity contribution in [1.82, 2.24) is 0 Å². The predicted molar refractivity (Wildman–Crippen MR) is 95.4 cm³/mol. The van der Waals surface area contributed by atoms with E-state index in [9.17, 15) is 0 Å². The zero-order valence-electron chi connectivity index (χ0n) is 15.4. The molecule has 7 nitrogen and oxygen atoms in total. The summed E-state index contributed by atoms with van der Waals surface area (Å²) in [5.74, 6) is 3.13. The van der Waals surface area contributed by atoms with Crippen LogP contribution in [-0.4, -0.2) is 33.0 Å². The summed E-state index contributed by atoms with van der Waals surface area (Å²) >= 11 is 0. The minimum Gasteiger partial charge on any atom is -0.461 e. The smallest absolute Gasteiger partial charge is 0.129 e. The first-order chi connectivity index (χ1) is 12.8. The summed E-state index contributed by atoms with van der Waals surface area (Å²) < 4.78 is 33.0. The van der Waals surface area contributed by atoms with Crippen molar-refractivity contribution in [3.8, 4) is 0 Å². The number of furan rings is 2. The molecule has 0 bridgehead atoms. The highest BCUT2D eigenvalue weighted by Gasteiger charge is 2.04. The molecular weight excluding hydrogens is 338 g/mol. The molecule has 2 N–H and O–H groups in total. The number of ether oxygens (including phenoxy) is 4. The number of hydrogen-bond donors (Lipinski definition) is 1. The molecule has 2 aromatic rings. The second-order valence-corrected chi connectivity index (χ2v) is 5.74. The first kappa shape index (κ1) is 20.7. The van der Waals surface area contributed by atoms with Crippen LogP contribution in [0, 0.1) is 0 Å². The second-order valence-electron chi connectivity index (χ2n) is 5.74. The van der Waals surface area contributed by atoms with E-state index in [1.807, 2.05) is 24.3 Å². The SMILES string of the molecule is CCCOCc1ccc(COCCOCc2ccc(COCCN)o2)o1. The van der Waals surface area contributed by atoms with Crippen molar-refractivity contribution in [1.29, 1.82) is 0 Å². The van der Waals surface area contributed by atoms with Crippen LogP contribution in [0.5, 0.6) is 0 Å². The van der Waals surface area contributed by atoms with Crippen LogP contribution in [0.1, 0.15) is 36.4 Å². The van der Waals surface area contributed by atoms with Crippen LogP contribution in [0.2, 0.25) is 0 Å². The lowest BCUT2D eigenvalue weighted by Crippen LogP contribution is -2.07. The monoisotopic (exact) mass is 367 g/mol. The Bertz CT molecular complexity index is 542. The van der Waals surface area contributed by atoms with E-state index in [4.69, 9.17) is 33.5 Å². The fraction of sp³-hybridized carbons (Fsp3) is 0.579. The number of nitrogens with two attached hydrogens (primary N) is 1. The van der Waals surface area contributed by atoms with Crippen molar-refractivity contribution < 1.29 is 27.8 Å². The zero-order chi connectivity index (χ0) is 18.5. The Morgan fingerprint density at radius 3 is 1.42 bits per heavy atom. The predicted octanol–water partition coefficient (Wildman–Crippen LogP) is 3.01. The molecular formula is C19H29NO6. The quantitative estimate of drug-likeness (QED) is 0.484.